The minimum absolute atomic E-state index is 0.0743. The number of hydrogen-bond acceptors (Lipinski definition) is 3. The molecule has 1 unspecified atom stereocenters. The molecular weight excluding hydrogens is 236 g/mol. The van der Waals surface area contributed by atoms with Crippen molar-refractivity contribution < 1.29 is 8.63 Å². The Labute approximate surface area is 102 Å². The van der Waals surface area contributed by atoms with E-state index in [-0.39, 0.29) is 11.2 Å². The van der Waals surface area contributed by atoms with Gasteiger partial charge in [-0.15, -0.1) is 0 Å². The van der Waals surface area contributed by atoms with E-state index in [9.17, 15) is 9.00 Å². The Bertz CT molecular complexity index is 655. The second-order valence-corrected chi connectivity index (χ2v) is 5.61. The third-order valence-electron chi connectivity index (χ3n) is 2.81. The Balaban J connectivity index is 2.75. The summed E-state index contributed by atoms with van der Waals surface area (Å²) in [5, 5.41) is 0.582. The minimum Gasteiger partial charge on any atom is -0.460 e. The summed E-state index contributed by atoms with van der Waals surface area (Å²) >= 11 is 0. The van der Waals surface area contributed by atoms with Crippen LogP contribution in [-0.4, -0.2) is 10.5 Å². The van der Waals surface area contributed by atoms with Gasteiger partial charge in [-0.1, -0.05) is 6.07 Å². The van der Waals surface area contributed by atoms with E-state index in [2.05, 4.69) is 0 Å². The van der Waals surface area contributed by atoms with E-state index in [0.29, 0.717) is 16.7 Å². The molecule has 0 saturated carbocycles. The molecule has 1 atom stereocenters. The number of aryl methyl sites for hydroxylation is 2. The molecule has 0 saturated heterocycles. The normalized spacial score (nSPS) is 12.9. The van der Waals surface area contributed by atoms with Crippen molar-refractivity contribution in [3.63, 3.8) is 0 Å². The molecule has 0 N–H and O–H groups in total. The second kappa shape index (κ2) is 4.45. The number of benzene rings is 1. The quantitative estimate of drug-likeness (QED) is 0.821. The first-order valence-corrected chi connectivity index (χ1v) is 7.04. The first-order valence-electron chi connectivity index (χ1n) is 5.32. The fourth-order valence-corrected chi connectivity index (χ4v) is 2.31. The Morgan fingerprint density at radius 2 is 2.00 bits per heavy atom. The summed E-state index contributed by atoms with van der Waals surface area (Å²) in [7, 11) is -1.01. The highest BCUT2D eigenvalue weighted by atomic mass is 32.2. The van der Waals surface area contributed by atoms with Gasteiger partial charge >= 0.3 is 0 Å². The summed E-state index contributed by atoms with van der Waals surface area (Å²) in [5.74, 6) is 0.760. The maximum absolute atomic E-state index is 11.9. The molecule has 0 amide bonds. The van der Waals surface area contributed by atoms with Gasteiger partial charge in [-0.2, -0.15) is 0 Å². The van der Waals surface area contributed by atoms with Crippen LogP contribution in [-0.2, 0) is 16.6 Å². The van der Waals surface area contributed by atoms with Gasteiger partial charge in [0, 0.05) is 23.1 Å². The molecule has 2 aromatic rings. The third-order valence-corrected chi connectivity index (χ3v) is 3.50. The maximum atomic E-state index is 11.9. The first kappa shape index (κ1) is 12.0. The zero-order valence-corrected chi connectivity index (χ0v) is 10.9. The molecule has 1 aromatic carbocycles. The van der Waals surface area contributed by atoms with Crippen LogP contribution in [0.1, 0.15) is 16.9 Å². The van der Waals surface area contributed by atoms with Crippen LogP contribution in [0, 0.1) is 13.8 Å². The van der Waals surface area contributed by atoms with Crippen LogP contribution < -0.4 is 5.43 Å². The average molecular weight is 250 g/mol. The highest BCUT2D eigenvalue weighted by Crippen LogP contribution is 2.20. The van der Waals surface area contributed by atoms with Crippen molar-refractivity contribution in [1.29, 1.82) is 0 Å². The lowest BCUT2D eigenvalue weighted by Gasteiger charge is -2.06. The summed E-state index contributed by atoms with van der Waals surface area (Å²) in [4.78, 5) is 11.9. The lowest BCUT2D eigenvalue weighted by molar-refractivity contribution is 0.554. The van der Waals surface area contributed by atoms with E-state index < -0.39 is 10.8 Å². The van der Waals surface area contributed by atoms with E-state index in [0.717, 1.165) is 11.1 Å². The van der Waals surface area contributed by atoms with Gasteiger partial charge in [0.15, 0.2) is 5.43 Å². The van der Waals surface area contributed by atoms with E-state index in [1.54, 1.807) is 12.3 Å². The van der Waals surface area contributed by atoms with Gasteiger partial charge in [-0.25, -0.2) is 0 Å². The predicted molar refractivity (Wildman–Crippen MR) is 69.7 cm³/mol. The summed E-state index contributed by atoms with van der Waals surface area (Å²) in [5.41, 5.74) is 2.58. The van der Waals surface area contributed by atoms with E-state index in [4.69, 9.17) is 4.42 Å². The zero-order chi connectivity index (χ0) is 12.6. The topological polar surface area (TPSA) is 47.3 Å². The second-order valence-electron chi connectivity index (χ2n) is 4.18. The molecule has 3 nitrogen and oxygen atoms in total. The summed E-state index contributed by atoms with van der Waals surface area (Å²) < 4.78 is 16.8. The fourth-order valence-electron chi connectivity index (χ4n) is 1.77. The van der Waals surface area contributed by atoms with Gasteiger partial charge in [0.1, 0.15) is 11.3 Å². The highest BCUT2D eigenvalue weighted by Gasteiger charge is 2.09. The molecule has 0 bridgehead atoms. The molecule has 0 aliphatic rings. The SMILES string of the molecule is Cc1ccc2c(=O)cc(CS(C)=O)oc2c1C. The molecule has 0 fully saturated rings. The van der Waals surface area contributed by atoms with Crippen molar-refractivity contribution in [2.45, 2.75) is 19.6 Å². The summed E-state index contributed by atoms with van der Waals surface area (Å²) in [6.07, 6.45) is 1.59. The lowest BCUT2D eigenvalue weighted by atomic mass is 10.1. The smallest absolute Gasteiger partial charge is 0.192 e. The van der Waals surface area contributed by atoms with Crippen molar-refractivity contribution in [3.8, 4) is 0 Å². The molecule has 0 aliphatic heterocycles. The zero-order valence-electron chi connectivity index (χ0n) is 10.1. The molecule has 90 valence electrons. The molecule has 2 rings (SSSR count). The van der Waals surface area contributed by atoms with E-state index >= 15 is 0 Å². The third kappa shape index (κ3) is 2.31. The summed E-state index contributed by atoms with van der Waals surface area (Å²) in [6.45, 7) is 3.90. The van der Waals surface area contributed by atoms with Gasteiger partial charge in [-0.3, -0.25) is 9.00 Å². The molecule has 1 heterocycles. The Morgan fingerprint density at radius 3 is 2.65 bits per heavy atom. The van der Waals surface area contributed by atoms with Crippen LogP contribution in [0.4, 0.5) is 0 Å². The van der Waals surface area contributed by atoms with Gasteiger partial charge in [-0.05, 0) is 31.0 Å². The maximum Gasteiger partial charge on any atom is 0.192 e. The van der Waals surface area contributed by atoms with Crippen molar-refractivity contribution in [1.82, 2.24) is 0 Å². The molecular formula is C13H14O3S. The molecule has 0 radical (unpaired) electrons. The Kier molecular flexibility index (Phi) is 3.15. The number of fused-ring (bicyclic) bond motifs is 1. The Hall–Kier alpha value is -1.42. The largest absolute Gasteiger partial charge is 0.460 e. The van der Waals surface area contributed by atoms with E-state index in [1.807, 2.05) is 19.9 Å². The summed E-state index contributed by atoms with van der Waals surface area (Å²) in [6, 6.07) is 5.11. The van der Waals surface area contributed by atoms with Gasteiger partial charge in [0.05, 0.1) is 11.1 Å². The van der Waals surface area contributed by atoms with Crippen LogP contribution in [0.25, 0.3) is 11.0 Å². The number of hydrogen-bond donors (Lipinski definition) is 0. The minimum atomic E-state index is -1.01. The molecule has 4 heteroatoms. The standard InChI is InChI=1S/C13H14O3S/c1-8-4-5-11-12(14)6-10(7-17(3)15)16-13(11)9(8)2/h4-6H,7H2,1-3H3. The molecule has 1 aromatic heterocycles. The highest BCUT2D eigenvalue weighted by molar-refractivity contribution is 7.83. The van der Waals surface area contributed by atoms with Gasteiger partial charge in [0.2, 0.25) is 0 Å². The van der Waals surface area contributed by atoms with Crippen LogP contribution in [0.5, 0.6) is 0 Å². The van der Waals surface area contributed by atoms with Crippen LogP contribution in [0.3, 0.4) is 0 Å². The van der Waals surface area contributed by atoms with Crippen LogP contribution in [0.2, 0.25) is 0 Å². The predicted octanol–water partition coefficient (Wildman–Crippen LogP) is 2.29. The molecule has 0 aliphatic carbocycles. The molecule has 17 heavy (non-hydrogen) atoms. The van der Waals surface area contributed by atoms with Crippen molar-refractivity contribution >= 4 is 21.8 Å². The first-order chi connectivity index (χ1) is 7.99. The fraction of sp³-hybridized carbons (Fsp3) is 0.308. The van der Waals surface area contributed by atoms with Crippen LogP contribution >= 0.6 is 0 Å². The number of rotatable bonds is 2. The monoisotopic (exact) mass is 250 g/mol. The van der Waals surface area contributed by atoms with E-state index in [1.165, 1.54) is 6.07 Å². The lowest BCUT2D eigenvalue weighted by Crippen LogP contribution is -2.05. The van der Waals surface area contributed by atoms with Crippen LogP contribution in [0.15, 0.2) is 27.4 Å². The van der Waals surface area contributed by atoms with Gasteiger partial charge < -0.3 is 4.42 Å². The van der Waals surface area contributed by atoms with Crippen molar-refractivity contribution in [2.75, 3.05) is 6.26 Å². The molecule has 0 spiro atoms. The van der Waals surface area contributed by atoms with Gasteiger partial charge in [0.25, 0.3) is 0 Å². The van der Waals surface area contributed by atoms with Crippen molar-refractivity contribution in [2.24, 2.45) is 0 Å². The average Bonchev–Trinajstić information content (AvgIpc) is 2.23. The van der Waals surface area contributed by atoms with Crippen molar-refractivity contribution in [3.05, 3.63) is 45.3 Å². The Morgan fingerprint density at radius 1 is 1.29 bits per heavy atom.